The Kier molecular flexibility index (Phi) is 3.93. The highest BCUT2D eigenvalue weighted by atomic mass is 16.5. The van der Waals surface area contributed by atoms with E-state index in [4.69, 9.17) is 5.84 Å². The number of methoxy groups -OCH3 is 1. The molecule has 0 amide bonds. The summed E-state index contributed by atoms with van der Waals surface area (Å²) in [6.07, 6.45) is 0. The van der Waals surface area contributed by atoms with Gasteiger partial charge in [-0.3, -0.25) is 0 Å². The molecule has 0 aliphatic carbocycles. The van der Waals surface area contributed by atoms with E-state index in [9.17, 15) is 4.79 Å². The summed E-state index contributed by atoms with van der Waals surface area (Å²) in [4.78, 5) is 11.4. The predicted molar refractivity (Wildman–Crippen MR) is 74.0 cm³/mol. The maximum Gasteiger partial charge on any atom is 0.337 e. The third-order valence-electron chi connectivity index (χ3n) is 2.76. The van der Waals surface area contributed by atoms with Gasteiger partial charge in [-0.1, -0.05) is 42.5 Å². The SMILES string of the molecule is COC(=O)c1ccc(C(=NN)c2ccccc2)cc1. The number of nitrogens with zero attached hydrogens (tertiary/aromatic N) is 1. The largest absolute Gasteiger partial charge is 0.465 e. The Bertz CT molecular complexity index is 589. The van der Waals surface area contributed by atoms with E-state index in [1.54, 1.807) is 24.3 Å². The molecule has 0 aliphatic rings. The van der Waals surface area contributed by atoms with Crippen LogP contribution in [0.3, 0.4) is 0 Å². The summed E-state index contributed by atoms with van der Waals surface area (Å²) in [5.74, 6) is 5.09. The minimum atomic E-state index is -0.363. The van der Waals surface area contributed by atoms with Crippen molar-refractivity contribution in [3.63, 3.8) is 0 Å². The summed E-state index contributed by atoms with van der Waals surface area (Å²) in [5.41, 5.74) is 2.95. The van der Waals surface area contributed by atoms with Crippen LogP contribution in [0.1, 0.15) is 21.5 Å². The van der Waals surface area contributed by atoms with E-state index in [1.807, 2.05) is 30.3 Å². The number of carbonyl (C=O) groups excluding carboxylic acids is 1. The van der Waals surface area contributed by atoms with Gasteiger partial charge in [0.1, 0.15) is 0 Å². The molecule has 0 heterocycles. The Labute approximate surface area is 111 Å². The number of esters is 1. The van der Waals surface area contributed by atoms with E-state index in [0.717, 1.165) is 11.1 Å². The van der Waals surface area contributed by atoms with Gasteiger partial charge in [-0.15, -0.1) is 0 Å². The van der Waals surface area contributed by atoms with Crippen molar-refractivity contribution in [1.82, 2.24) is 0 Å². The van der Waals surface area contributed by atoms with Crippen molar-refractivity contribution in [3.05, 3.63) is 71.3 Å². The van der Waals surface area contributed by atoms with Crippen LogP contribution in [0.25, 0.3) is 0 Å². The van der Waals surface area contributed by atoms with E-state index < -0.39 is 0 Å². The quantitative estimate of drug-likeness (QED) is 0.395. The van der Waals surface area contributed by atoms with Gasteiger partial charge in [-0.05, 0) is 12.1 Å². The summed E-state index contributed by atoms with van der Waals surface area (Å²) in [5, 5.41) is 3.82. The summed E-state index contributed by atoms with van der Waals surface area (Å²) in [6, 6.07) is 16.6. The number of hydrogen-bond acceptors (Lipinski definition) is 4. The molecule has 2 aromatic rings. The van der Waals surface area contributed by atoms with E-state index in [1.165, 1.54) is 7.11 Å². The molecule has 19 heavy (non-hydrogen) atoms. The maximum absolute atomic E-state index is 11.4. The van der Waals surface area contributed by atoms with E-state index in [-0.39, 0.29) is 5.97 Å². The normalized spacial score (nSPS) is 11.1. The Morgan fingerprint density at radius 1 is 0.947 bits per heavy atom. The number of carbonyl (C=O) groups is 1. The summed E-state index contributed by atoms with van der Waals surface area (Å²) in [7, 11) is 1.35. The lowest BCUT2D eigenvalue weighted by atomic mass is 10.0. The van der Waals surface area contributed by atoms with Crippen LogP contribution in [0.5, 0.6) is 0 Å². The molecule has 96 valence electrons. The van der Waals surface area contributed by atoms with E-state index in [0.29, 0.717) is 11.3 Å². The van der Waals surface area contributed by atoms with Crippen LogP contribution < -0.4 is 5.84 Å². The topological polar surface area (TPSA) is 64.7 Å². The Morgan fingerprint density at radius 3 is 2.00 bits per heavy atom. The van der Waals surface area contributed by atoms with Crippen LogP contribution in [-0.4, -0.2) is 18.8 Å². The molecule has 0 saturated heterocycles. The number of hydrogen-bond donors (Lipinski definition) is 1. The zero-order valence-corrected chi connectivity index (χ0v) is 10.5. The first-order valence-corrected chi connectivity index (χ1v) is 5.78. The lowest BCUT2D eigenvalue weighted by molar-refractivity contribution is 0.0601. The van der Waals surface area contributed by atoms with Gasteiger partial charge in [-0.2, -0.15) is 5.10 Å². The summed E-state index contributed by atoms with van der Waals surface area (Å²) >= 11 is 0. The molecule has 4 heteroatoms. The average molecular weight is 254 g/mol. The third-order valence-corrected chi connectivity index (χ3v) is 2.76. The fourth-order valence-corrected chi connectivity index (χ4v) is 1.79. The Morgan fingerprint density at radius 2 is 1.47 bits per heavy atom. The first-order valence-electron chi connectivity index (χ1n) is 5.78. The number of nitrogens with two attached hydrogens (primary N) is 1. The number of ether oxygens (including phenoxy) is 1. The second-order valence-electron chi connectivity index (χ2n) is 3.91. The molecule has 0 bridgehead atoms. The molecule has 0 radical (unpaired) electrons. The lowest BCUT2D eigenvalue weighted by Gasteiger charge is -2.06. The monoisotopic (exact) mass is 254 g/mol. The van der Waals surface area contributed by atoms with E-state index >= 15 is 0 Å². The van der Waals surface area contributed by atoms with Crippen molar-refractivity contribution < 1.29 is 9.53 Å². The smallest absolute Gasteiger partial charge is 0.337 e. The van der Waals surface area contributed by atoms with Gasteiger partial charge >= 0.3 is 5.97 Å². The van der Waals surface area contributed by atoms with Crippen molar-refractivity contribution >= 4 is 11.7 Å². The third kappa shape index (κ3) is 2.80. The van der Waals surface area contributed by atoms with E-state index in [2.05, 4.69) is 9.84 Å². The average Bonchev–Trinajstić information content (AvgIpc) is 2.49. The first-order chi connectivity index (χ1) is 9.26. The maximum atomic E-state index is 11.4. The van der Waals surface area contributed by atoms with Gasteiger partial charge in [0.2, 0.25) is 0 Å². The Hall–Kier alpha value is -2.62. The fraction of sp³-hybridized carbons (Fsp3) is 0.0667. The molecule has 2 aromatic carbocycles. The molecule has 0 aliphatic heterocycles. The number of benzene rings is 2. The summed E-state index contributed by atoms with van der Waals surface area (Å²) < 4.78 is 4.65. The fourth-order valence-electron chi connectivity index (χ4n) is 1.79. The van der Waals surface area contributed by atoms with Crippen LogP contribution in [0.4, 0.5) is 0 Å². The highest BCUT2D eigenvalue weighted by molar-refractivity contribution is 6.13. The molecule has 2 N–H and O–H groups in total. The predicted octanol–water partition coefficient (Wildman–Crippen LogP) is 2.18. The second kappa shape index (κ2) is 5.82. The van der Waals surface area contributed by atoms with Gasteiger partial charge < -0.3 is 10.6 Å². The molecular formula is C15H14N2O2. The van der Waals surface area contributed by atoms with Crippen molar-refractivity contribution in [2.24, 2.45) is 10.9 Å². The van der Waals surface area contributed by atoms with Crippen molar-refractivity contribution in [2.45, 2.75) is 0 Å². The Balaban J connectivity index is 2.33. The zero-order valence-electron chi connectivity index (χ0n) is 10.5. The molecule has 4 nitrogen and oxygen atoms in total. The lowest BCUT2D eigenvalue weighted by Crippen LogP contribution is -2.07. The molecule has 0 spiro atoms. The van der Waals surface area contributed by atoms with Gasteiger partial charge in [0.15, 0.2) is 0 Å². The molecule has 2 rings (SSSR count). The van der Waals surface area contributed by atoms with Gasteiger partial charge in [0.05, 0.1) is 18.4 Å². The van der Waals surface area contributed by atoms with Gasteiger partial charge in [-0.25, -0.2) is 4.79 Å². The second-order valence-corrected chi connectivity index (χ2v) is 3.91. The van der Waals surface area contributed by atoms with Crippen molar-refractivity contribution in [3.8, 4) is 0 Å². The molecule has 0 atom stereocenters. The number of hydrazone groups is 1. The standard InChI is InChI=1S/C15H14N2O2/c1-19-15(18)13-9-7-12(8-10-13)14(17-16)11-5-3-2-4-6-11/h2-10H,16H2,1H3. The first kappa shape index (κ1) is 12.8. The molecule has 0 saturated carbocycles. The van der Waals surface area contributed by atoms with Crippen molar-refractivity contribution in [1.29, 1.82) is 0 Å². The van der Waals surface area contributed by atoms with Crippen LogP contribution in [0.15, 0.2) is 59.7 Å². The van der Waals surface area contributed by atoms with Crippen LogP contribution in [0.2, 0.25) is 0 Å². The van der Waals surface area contributed by atoms with Crippen LogP contribution >= 0.6 is 0 Å². The molecule has 0 fully saturated rings. The number of rotatable bonds is 3. The zero-order chi connectivity index (χ0) is 13.7. The highest BCUT2D eigenvalue weighted by Crippen LogP contribution is 2.12. The summed E-state index contributed by atoms with van der Waals surface area (Å²) in [6.45, 7) is 0. The molecular weight excluding hydrogens is 240 g/mol. The van der Waals surface area contributed by atoms with Gasteiger partial charge in [0, 0.05) is 11.1 Å². The van der Waals surface area contributed by atoms with Crippen molar-refractivity contribution in [2.75, 3.05) is 7.11 Å². The highest BCUT2D eigenvalue weighted by Gasteiger charge is 2.09. The van der Waals surface area contributed by atoms with Crippen LogP contribution in [-0.2, 0) is 4.74 Å². The minimum absolute atomic E-state index is 0.363. The molecule has 0 aromatic heterocycles. The minimum Gasteiger partial charge on any atom is -0.465 e. The van der Waals surface area contributed by atoms with Gasteiger partial charge in [0.25, 0.3) is 0 Å². The van der Waals surface area contributed by atoms with Crippen LogP contribution in [0, 0.1) is 0 Å². The molecule has 0 unspecified atom stereocenters.